The lowest BCUT2D eigenvalue weighted by atomic mass is 10.1. The summed E-state index contributed by atoms with van der Waals surface area (Å²) in [6.45, 7) is 7.94. The number of nitrogens with one attached hydrogen (secondary N) is 2. The topological polar surface area (TPSA) is 84.0 Å². The molecule has 0 aliphatic carbocycles. The smallest absolute Gasteiger partial charge is 0.234 e. The van der Waals surface area contributed by atoms with Crippen LogP contribution in [0.4, 0.5) is 10.8 Å². The SMILES string of the molecule is Cc1ccc(NC(=O)CSc2nnc(NC(=O)CC(C)C)s2)c(C)c1. The summed E-state index contributed by atoms with van der Waals surface area (Å²) in [4.78, 5) is 23.8. The second-order valence-electron chi connectivity index (χ2n) is 6.17. The number of carbonyl (C=O) groups excluding carboxylic acids is 2. The summed E-state index contributed by atoms with van der Waals surface area (Å²) in [5, 5.41) is 14.0. The van der Waals surface area contributed by atoms with Gasteiger partial charge in [-0.1, -0.05) is 54.6 Å². The summed E-state index contributed by atoms with van der Waals surface area (Å²) in [6.07, 6.45) is 0.445. The van der Waals surface area contributed by atoms with Crippen LogP contribution < -0.4 is 10.6 Å². The maximum atomic E-state index is 12.1. The van der Waals surface area contributed by atoms with Gasteiger partial charge in [-0.05, 0) is 31.4 Å². The van der Waals surface area contributed by atoms with Gasteiger partial charge in [0.25, 0.3) is 0 Å². The highest BCUT2D eigenvalue weighted by Crippen LogP contribution is 2.26. The van der Waals surface area contributed by atoms with Crippen molar-refractivity contribution in [3.63, 3.8) is 0 Å². The Morgan fingerprint density at radius 2 is 1.92 bits per heavy atom. The lowest BCUT2D eigenvalue weighted by Gasteiger charge is -2.08. The van der Waals surface area contributed by atoms with E-state index in [-0.39, 0.29) is 23.5 Å². The minimum Gasteiger partial charge on any atom is -0.325 e. The highest BCUT2D eigenvalue weighted by atomic mass is 32.2. The first-order chi connectivity index (χ1) is 11.8. The monoisotopic (exact) mass is 378 g/mol. The Balaban J connectivity index is 1.83. The fourth-order valence-corrected chi connectivity index (χ4v) is 3.70. The third-order valence-corrected chi connectivity index (χ3v) is 5.20. The lowest BCUT2D eigenvalue weighted by molar-refractivity contribution is -0.117. The van der Waals surface area contributed by atoms with Gasteiger partial charge in [-0.3, -0.25) is 9.59 Å². The Bertz CT molecular complexity index is 759. The van der Waals surface area contributed by atoms with Crippen LogP contribution in [0.3, 0.4) is 0 Å². The number of thioether (sulfide) groups is 1. The van der Waals surface area contributed by atoms with Crippen LogP contribution in [-0.2, 0) is 9.59 Å². The molecule has 2 rings (SSSR count). The Morgan fingerprint density at radius 1 is 1.16 bits per heavy atom. The Kier molecular flexibility index (Phi) is 6.95. The van der Waals surface area contributed by atoms with E-state index in [1.165, 1.54) is 23.1 Å². The van der Waals surface area contributed by atoms with Gasteiger partial charge >= 0.3 is 0 Å². The minimum absolute atomic E-state index is 0.0738. The molecular formula is C17H22N4O2S2. The summed E-state index contributed by atoms with van der Waals surface area (Å²) in [6, 6.07) is 5.90. The standard InChI is InChI=1S/C17H22N4O2S2/c1-10(2)7-14(22)19-16-20-21-17(25-16)24-9-15(23)18-13-6-5-11(3)8-12(13)4/h5-6,8,10H,7,9H2,1-4H3,(H,18,23)(H,19,20,22). The van der Waals surface area contributed by atoms with Crippen molar-refractivity contribution in [2.45, 2.75) is 38.5 Å². The molecule has 2 aromatic rings. The third-order valence-electron chi connectivity index (χ3n) is 3.23. The second kappa shape index (κ2) is 8.96. The van der Waals surface area contributed by atoms with E-state index in [1.807, 2.05) is 45.9 Å². The van der Waals surface area contributed by atoms with Gasteiger partial charge in [-0.25, -0.2) is 0 Å². The number of anilines is 2. The molecular weight excluding hydrogens is 356 g/mol. The van der Waals surface area contributed by atoms with Crippen LogP contribution in [0.25, 0.3) is 0 Å². The van der Waals surface area contributed by atoms with Gasteiger partial charge in [0.2, 0.25) is 16.9 Å². The van der Waals surface area contributed by atoms with E-state index in [2.05, 4.69) is 20.8 Å². The van der Waals surface area contributed by atoms with Gasteiger partial charge < -0.3 is 10.6 Å². The van der Waals surface area contributed by atoms with Crippen LogP contribution in [0.15, 0.2) is 22.5 Å². The number of hydrogen-bond acceptors (Lipinski definition) is 6. The molecule has 0 spiro atoms. The van der Waals surface area contributed by atoms with E-state index in [0.29, 0.717) is 15.9 Å². The number of rotatable bonds is 7. The predicted octanol–water partition coefficient (Wildman–Crippen LogP) is 3.87. The molecule has 0 fully saturated rings. The average molecular weight is 379 g/mol. The number of aromatic nitrogens is 2. The van der Waals surface area contributed by atoms with Crippen molar-refractivity contribution in [2.24, 2.45) is 5.92 Å². The molecule has 0 unspecified atom stereocenters. The van der Waals surface area contributed by atoms with E-state index in [1.54, 1.807) is 0 Å². The van der Waals surface area contributed by atoms with E-state index in [4.69, 9.17) is 0 Å². The van der Waals surface area contributed by atoms with Crippen molar-refractivity contribution < 1.29 is 9.59 Å². The summed E-state index contributed by atoms with van der Waals surface area (Å²) in [5.74, 6) is 0.352. The molecule has 6 nitrogen and oxygen atoms in total. The fourth-order valence-electron chi connectivity index (χ4n) is 2.13. The first-order valence-corrected chi connectivity index (χ1v) is 9.77. The number of carbonyl (C=O) groups is 2. The molecule has 1 aromatic carbocycles. The zero-order valence-corrected chi connectivity index (χ0v) is 16.4. The largest absolute Gasteiger partial charge is 0.325 e. The fraction of sp³-hybridized carbons (Fsp3) is 0.412. The Morgan fingerprint density at radius 3 is 2.60 bits per heavy atom. The van der Waals surface area contributed by atoms with Gasteiger partial charge in [0.15, 0.2) is 4.34 Å². The summed E-state index contributed by atoms with van der Waals surface area (Å²) in [7, 11) is 0. The molecule has 8 heteroatoms. The van der Waals surface area contributed by atoms with Crippen molar-refractivity contribution in [3.8, 4) is 0 Å². The average Bonchev–Trinajstić information content (AvgIpc) is 2.94. The van der Waals surface area contributed by atoms with E-state index in [9.17, 15) is 9.59 Å². The first-order valence-electron chi connectivity index (χ1n) is 7.96. The molecule has 134 valence electrons. The zero-order valence-electron chi connectivity index (χ0n) is 14.8. The van der Waals surface area contributed by atoms with E-state index < -0.39 is 0 Å². The second-order valence-corrected chi connectivity index (χ2v) is 8.37. The van der Waals surface area contributed by atoms with Crippen molar-refractivity contribution >= 4 is 45.7 Å². The molecule has 0 radical (unpaired) electrons. The summed E-state index contributed by atoms with van der Waals surface area (Å²) < 4.78 is 0.649. The molecule has 2 amide bonds. The quantitative estimate of drug-likeness (QED) is 0.564. The molecule has 25 heavy (non-hydrogen) atoms. The van der Waals surface area contributed by atoms with E-state index in [0.717, 1.165) is 16.8 Å². The molecule has 0 atom stereocenters. The highest BCUT2D eigenvalue weighted by molar-refractivity contribution is 8.01. The van der Waals surface area contributed by atoms with Crippen LogP contribution >= 0.6 is 23.1 Å². The molecule has 0 aliphatic rings. The molecule has 2 N–H and O–H groups in total. The third kappa shape index (κ3) is 6.47. The number of aryl methyl sites for hydroxylation is 2. The van der Waals surface area contributed by atoms with Gasteiger partial charge in [-0.2, -0.15) is 0 Å². The lowest BCUT2D eigenvalue weighted by Crippen LogP contribution is -2.14. The van der Waals surface area contributed by atoms with Crippen molar-refractivity contribution in [1.29, 1.82) is 0 Å². The van der Waals surface area contributed by atoms with Gasteiger partial charge in [-0.15, -0.1) is 10.2 Å². The number of benzene rings is 1. The van der Waals surface area contributed by atoms with Crippen LogP contribution in [0, 0.1) is 19.8 Å². The van der Waals surface area contributed by atoms with Crippen LogP contribution in [-0.4, -0.2) is 27.8 Å². The first kappa shape index (κ1) is 19.4. The van der Waals surface area contributed by atoms with Gasteiger partial charge in [0, 0.05) is 12.1 Å². The van der Waals surface area contributed by atoms with Crippen LogP contribution in [0.2, 0.25) is 0 Å². The van der Waals surface area contributed by atoms with Crippen molar-refractivity contribution in [2.75, 3.05) is 16.4 Å². The number of nitrogens with zero attached hydrogens (tertiary/aromatic N) is 2. The number of amides is 2. The molecule has 0 saturated carbocycles. The zero-order chi connectivity index (χ0) is 18.4. The van der Waals surface area contributed by atoms with Crippen molar-refractivity contribution in [1.82, 2.24) is 10.2 Å². The number of hydrogen-bond donors (Lipinski definition) is 2. The highest BCUT2D eigenvalue weighted by Gasteiger charge is 2.12. The van der Waals surface area contributed by atoms with Crippen molar-refractivity contribution in [3.05, 3.63) is 29.3 Å². The normalized spacial score (nSPS) is 10.8. The van der Waals surface area contributed by atoms with E-state index >= 15 is 0 Å². The van der Waals surface area contributed by atoms with Crippen LogP contribution in [0.1, 0.15) is 31.4 Å². The Hall–Kier alpha value is -1.93. The van der Waals surface area contributed by atoms with Crippen LogP contribution in [0.5, 0.6) is 0 Å². The summed E-state index contributed by atoms with van der Waals surface area (Å²) >= 11 is 2.57. The Labute approximate surface area is 155 Å². The van der Waals surface area contributed by atoms with Gasteiger partial charge in [0.05, 0.1) is 5.75 Å². The molecule has 1 aromatic heterocycles. The maximum absolute atomic E-state index is 12.1. The summed E-state index contributed by atoms with van der Waals surface area (Å²) in [5.41, 5.74) is 3.00. The predicted molar refractivity (Wildman–Crippen MR) is 103 cm³/mol. The minimum atomic E-state index is -0.0995. The maximum Gasteiger partial charge on any atom is 0.234 e. The molecule has 0 saturated heterocycles. The molecule has 1 heterocycles. The van der Waals surface area contributed by atoms with Gasteiger partial charge in [0.1, 0.15) is 0 Å². The molecule has 0 bridgehead atoms. The molecule has 0 aliphatic heterocycles.